The minimum atomic E-state index is -0.503. The van der Waals surface area contributed by atoms with Crippen molar-refractivity contribution in [3.8, 4) is 0 Å². The summed E-state index contributed by atoms with van der Waals surface area (Å²) < 4.78 is 0. The van der Waals surface area contributed by atoms with Crippen LogP contribution in [-0.4, -0.2) is 10.7 Å². The Bertz CT molecular complexity index is 295. The van der Waals surface area contributed by atoms with Gasteiger partial charge >= 0.3 is 0 Å². The molecule has 0 saturated heterocycles. The first-order chi connectivity index (χ1) is 7.39. The third-order valence-corrected chi connectivity index (χ3v) is 4.76. The zero-order chi connectivity index (χ0) is 11.9. The quantitative estimate of drug-likeness (QED) is 0.667. The van der Waals surface area contributed by atoms with Gasteiger partial charge in [-0.15, -0.1) is 0 Å². The van der Waals surface area contributed by atoms with Gasteiger partial charge < -0.3 is 5.11 Å². The van der Waals surface area contributed by atoms with E-state index in [0.29, 0.717) is 11.8 Å². The maximum Gasteiger partial charge on any atom is 0.0625 e. The maximum absolute atomic E-state index is 10.3. The van der Waals surface area contributed by atoms with Crippen LogP contribution in [-0.2, 0) is 0 Å². The van der Waals surface area contributed by atoms with Gasteiger partial charge in [0, 0.05) is 0 Å². The standard InChI is InChI=1S/C15H26O/c1-10-5-7-12-13(9-10)11(2)6-8-14(12)15(3,4)16/h10,12,14,16H,5-9H2,1-4H3. The molecule has 1 nitrogen and oxygen atoms in total. The predicted octanol–water partition coefficient (Wildman–Crippen LogP) is 3.92. The van der Waals surface area contributed by atoms with E-state index in [-0.39, 0.29) is 0 Å². The second-order valence-corrected chi connectivity index (χ2v) is 6.60. The molecule has 1 saturated carbocycles. The van der Waals surface area contributed by atoms with E-state index in [1.165, 1.54) is 32.1 Å². The van der Waals surface area contributed by atoms with Crippen molar-refractivity contribution in [2.75, 3.05) is 0 Å². The molecular formula is C15H26O. The molecule has 0 aromatic carbocycles. The van der Waals surface area contributed by atoms with Crippen molar-refractivity contribution in [2.24, 2.45) is 17.8 Å². The number of rotatable bonds is 1. The normalized spacial score (nSPS) is 36.2. The van der Waals surface area contributed by atoms with E-state index in [0.717, 1.165) is 5.92 Å². The first-order valence-electron chi connectivity index (χ1n) is 6.80. The van der Waals surface area contributed by atoms with Gasteiger partial charge in [0.15, 0.2) is 0 Å². The molecule has 1 heteroatoms. The fraction of sp³-hybridized carbons (Fsp3) is 0.867. The molecule has 16 heavy (non-hydrogen) atoms. The Kier molecular flexibility index (Phi) is 3.18. The van der Waals surface area contributed by atoms with Crippen LogP contribution in [0.2, 0.25) is 0 Å². The van der Waals surface area contributed by atoms with Crippen LogP contribution in [0, 0.1) is 17.8 Å². The Labute approximate surface area is 99.9 Å². The summed E-state index contributed by atoms with van der Waals surface area (Å²) in [7, 11) is 0. The van der Waals surface area contributed by atoms with Crippen molar-refractivity contribution in [2.45, 2.75) is 65.4 Å². The molecule has 2 rings (SSSR count). The Morgan fingerprint density at radius 2 is 1.88 bits per heavy atom. The van der Waals surface area contributed by atoms with Crippen LogP contribution < -0.4 is 0 Å². The average molecular weight is 222 g/mol. The number of allylic oxidation sites excluding steroid dienone is 2. The minimum absolute atomic E-state index is 0.485. The molecule has 1 fully saturated rings. The van der Waals surface area contributed by atoms with Crippen molar-refractivity contribution in [1.29, 1.82) is 0 Å². The van der Waals surface area contributed by atoms with Crippen molar-refractivity contribution >= 4 is 0 Å². The largest absolute Gasteiger partial charge is 0.390 e. The molecule has 0 heterocycles. The van der Waals surface area contributed by atoms with Crippen LogP contribution >= 0.6 is 0 Å². The van der Waals surface area contributed by atoms with Gasteiger partial charge in [-0.2, -0.15) is 0 Å². The maximum atomic E-state index is 10.3. The highest BCUT2D eigenvalue weighted by Gasteiger charge is 2.40. The molecule has 0 spiro atoms. The van der Waals surface area contributed by atoms with Crippen LogP contribution in [0.3, 0.4) is 0 Å². The van der Waals surface area contributed by atoms with Gasteiger partial charge in [0.05, 0.1) is 5.60 Å². The Morgan fingerprint density at radius 1 is 1.19 bits per heavy atom. The van der Waals surface area contributed by atoms with Gasteiger partial charge in [-0.25, -0.2) is 0 Å². The molecule has 0 aromatic heterocycles. The second kappa shape index (κ2) is 4.18. The molecule has 1 N–H and O–H groups in total. The van der Waals surface area contributed by atoms with E-state index in [4.69, 9.17) is 0 Å². The molecule has 0 aliphatic heterocycles. The van der Waals surface area contributed by atoms with E-state index in [9.17, 15) is 5.11 Å². The topological polar surface area (TPSA) is 20.2 Å². The SMILES string of the molecule is CC1=C2CC(C)CCC2C(C(C)(C)O)CC1. The number of fused-ring (bicyclic) bond motifs is 1. The van der Waals surface area contributed by atoms with Crippen LogP contribution in [0.4, 0.5) is 0 Å². The molecule has 0 amide bonds. The monoisotopic (exact) mass is 222 g/mol. The van der Waals surface area contributed by atoms with E-state index < -0.39 is 5.60 Å². The van der Waals surface area contributed by atoms with E-state index in [1.54, 1.807) is 11.1 Å². The summed E-state index contributed by atoms with van der Waals surface area (Å²) in [5.74, 6) is 2.01. The van der Waals surface area contributed by atoms with Gasteiger partial charge in [-0.1, -0.05) is 18.1 Å². The van der Waals surface area contributed by atoms with Crippen molar-refractivity contribution in [1.82, 2.24) is 0 Å². The highest BCUT2D eigenvalue weighted by atomic mass is 16.3. The fourth-order valence-corrected chi connectivity index (χ4v) is 3.78. The lowest BCUT2D eigenvalue weighted by atomic mass is 9.62. The first-order valence-corrected chi connectivity index (χ1v) is 6.80. The lowest BCUT2D eigenvalue weighted by Crippen LogP contribution is -2.40. The predicted molar refractivity (Wildman–Crippen MR) is 68.2 cm³/mol. The summed E-state index contributed by atoms with van der Waals surface area (Å²) in [5, 5.41) is 10.3. The molecule has 0 aromatic rings. The third-order valence-electron chi connectivity index (χ3n) is 4.76. The lowest BCUT2D eigenvalue weighted by molar-refractivity contribution is -0.0175. The summed E-state index contributed by atoms with van der Waals surface area (Å²) >= 11 is 0. The van der Waals surface area contributed by atoms with Crippen LogP contribution in [0.1, 0.15) is 59.8 Å². The van der Waals surface area contributed by atoms with E-state index >= 15 is 0 Å². The molecule has 0 radical (unpaired) electrons. The van der Waals surface area contributed by atoms with Gasteiger partial charge in [0.2, 0.25) is 0 Å². The van der Waals surface area contributed by atoms with Gasteiger partial charge in [-0.05, 0) is 70.6 Å². The zero-order valence-electron chi connectivity index (χ0n) is 11.2. The van der Waals surface area contributed by atoms with Gasteiger partial charge in [0.1, 0.15) is 0 Å². The van der Waals surface area contributed by atoms with Crippen LogP contribution in [0.25, 0.3) is 0 Å². The second-order valence-electron chi connectivity index (χ2n) is 6.60. The third kappa shape index (κ3) is 2.20. The highest BCUT2D eigenvalue weighted by Crippen LogP contribution is 2.48. The number of hydrogen-bond donors (Lipinski definition) is 1. The summed E-state index contributed by atoms with van der Waals surface area (Å²) in [5.41, 5.74) is 2.81. The summed E-state index contributed by atoms with van der Waals surface area (Å²) in [6, 6.07) is 0. The van der Waals surface area contributed by atoms with Crippen molar-refractivity contribution in [3.05, 3.63) is 11.1 Å². The van der Waals surface area contributed by atoms with E-state index in [1.807, 2.05) is 13.8 Å². The fourth-order valence-electron chi connectivity index (χ4n) is 3.78. The van der Waals surface area contributed by atoms with Gasteiger partial charge in [-0.3, -0.25) is 0 Å². The van der Waals surface area contributed by atoms with Gasteiger partial charge in [0.25, 0.3) is 0 Å². The molecule has 2 aliphatic rings. The highest BCUT2D eigenvalue weighted by molar-refractivity contribution is 5.23. The van der Waals surface area contributed by atoms with Crippen LogP contribution in [0.15, 0.2) is 11.1 Å². The molecule has 2 aliphatic carbocycles. The first kappa shape index (κ1) is 12.2. The Morgan fingerprint density at radius 3 is 2.50 bits per heavy atom. The molecule has 3 atom stereocenters. The molecule has 0 bridgehead atoms. The lowest BCUT2D eigenvalue weighted by Gasteiger charge is -2.45. The molecular weight excluding hydrogens is 196 g/mol. The number of aliphatic hydroxyl groups is 1. The van der Waals surface area contributed by atoms with E-state index in [2.05, 4.69) is 13.8 Å². The summed E-state index contributed by atoms with van der Waals surface area (Å²) in [4.78, 5) is 0. The Balaban J connectivity index is 2.25. The average Bonchev–Trinajstić information content (AvgIpc) is 2.17. The zero-order valence-corrected chi connectivity index (χ0v) is 11.2. The summed E-state index contributed by atoms with van der Waals surface area (Å²) in [6.45, 7) is 8.66. The van der Waals surface area contributed by atoms with Crippen molar-refractivity contribution < 1.29 is 5.11 Å². The van der Waals surface area contributed by atoms with Crippen molar-refractivity contribution in [3.63, 3.8) is 0 Å². The minimum Gasteiger partial charge on any atom is -0.390 e. The van der Waals surface area contributed by atoms with Crippen LogP contribution in [0.5, 0.6) is 0 Å². The molecule has 92 valence electrons. The molecule has 3 unspecified atom stereocenters. The number of hydrogen-bond acceptors (Lipinski definition) is 1. The Hall–Kier alpha value is -0.300. The summed E-state index contributed by atoms with van der Waals surface area (Å²) in [6.07, 6.45) is 6.30. The smallest absolute Gasteiger partial charge is 0.0625 e.